The van der Waals surface area contributed by atoms with Gasteiger partial charge in [0.05, 0.1) is 5.41 Å². The molecule has 12 heavy (non-hydrogen) atoms. The Hall–Kier alpha value is -0.830. The van der Waals surface area contributed by atoms with Crippen LogP contribution in [0.25, 0.3) is 0 Å². The normalized spacial score (nSPS) is 18.7. The molecule has 0 saturated carbocycles. The first kappa shape index (κ1) is 9.26. The Kier molecular flexibility index (Phi) is 2.52. The van der Waals surface area contributed by atoms with Gasteiger partial charge >= 0.3 is 5.97 Å². The van der Waals surface area contributed by atoms with Crippen LogP contribution in [0.2, 0.25) is 0 Å². The van der Waals surface area contributed by atoms with Crippen molar-refractivity contribution in [3.63, 3.8) is 0 Å². The average molecular weight is 169 g/mol. The van der Waals surface area contributed by atoms with Gasteiger partial charge in [-0.2, -0.15) is 0 Å². The lowest BCUT2D eigenvalue weighted by atomic mass is 9.81. The minimum Gasteiger partial charge on any atom is -0.481 e. The van der Waals surface area contributed by atoms with Crippen LogP contribution in [0, 0.1) is 5.41 Å². The van der Waals surface area contributed by atoms with E-state index in [-0.39, 0.29) is 0 Å². The second kappa shape index (κ2) is 3.27. The summed E-state index contributed by atoms with van der Waals surface area (Å²) < 4.78 is 0. The molecule has 1 aliphatic rings. The van der Waals surface area contributed by atoms with Crippen molar-refractivity contribution in [1.82, 2.24) is 5.32 Å². The molecule has 0 radical (unpaired) electrons. The maximum atomic E-state index is 10.9. The molecule has 68 valence electrons. The molecule has 0 aromatic heterocycles. The lowest BCUT2D eigenvalue weighted by Gasteiger charge is -2.26. The SMILES string of the molecule is CC(C)(C(=O)O)C1=CCNCC1. The Morgan fingerprint density at radius 2 is 2.33 bits per heavy atom. The minimum absolute atomic E-state index is 0.692. The van der Waals surface area contributed by atoms with Crippen molar-refractivity contribution in [2.45, 2.75) is 20.3 Å². The zero-order chi connectivity index (χ0) is 9.19. The summed E-state index contributed by atoms with van der Waals surface area (Å²) >= 11 is 0. The van der Waals surface area contributed by atoms with Gasteiger partial charge in [0, 0.05) is 6.54 Å². The van der Waals surface area contributed by atoms with E-state index in [0.717, 1.165) is 25.1 Å². The standard InChI is InChI=1S/C9H15NO2/c1-9(2,8(11)12)7-3-5-10-6-4-7/h3,10H,4-6H2,1-2H3,(H,11,12). The van der Waals surface area contributed by atoms with Crippen molar-refractivity contribution in [1.29, 1.82) is 0 Å². The molecule has 3 heteroatoms. The van der Waals surface area contributed by atoms with E-state index in [1.54, 1.807) is 13.8 Å². The summed E-state index contributed by atoms with van der Waals surface area (Å²) in [6, 6.07) is 0. The number of hydrogen-bond acceptors (Lipinski definition) is 2. The minimum atomic E-state index is -0.740. The van der Waals surface area contributed by atoms with Gasteiger partial charge in [-0.05, 0) is 26.8 Å². The third-order valence-electron chi connectivity index (χ3n) is 2.40. The molecule has 0 aromatic carbocycles. The maximum absolute atomic E-state index is 10.9. The largest absolute Gasteiger partial charge is 0.481 e. The molecule has 3 nitrogen and oxygen atoms in total. The van der Waals surface area contributed by atoms with Crippen molar-refractivity contribution >= 4 is 5.97 Å². The first-order valence-corrected chi connectivity index (χ1v) is 4.19. The molecular weight excluding hydrogens is 154 g/mol. The van der Waals surface area contributed by atoms with E-state index in [1.807, 2.05) is 6.08 Å². The van der Waals surface area contributed by atoms with Gasteiger partial charge in [0.1, 0.15) is 0 Å². The summed E-state index contributed by atoms with van der Waals surface area (Å²) in [5.41, 5.74) is 0.344. The summed E-state index contributed by atoms with van der Waals surface area (Å²) in [5.74, 6) is -0.740. The fourth-order valence-corrected chi connectivity index (χ4v) is 1.33. The molecule has 2 N–H and O–H groups in total. The van der Waals surface area contributed by atoms with Gasteiger partial charge in [-0.1, -0.05) is 11.6 Å². The van der Waals surface area contributed by atoms with E-state index in [9.17, 15) is 4.79 Å². The van der Waals surface area contributed by atoms with E-state index < -0.39 is 11.4 Å². The number of aliphatic carboxylic acids is 1. The van der Waals surface area contributed by atoms with Crippen molar-refractivity contribution < 1.29 is 9.90 Å². The van der Waals surface area contributed by atoms with Crippen molar-refractivity contribution in [2.75, 3.05) is 13.1 Å². The van der Waals surface area contributed by atoms with Gasteiger partial charge in [0.25, 0.3) is 0 Å². The molecule has 0 atom stereocenters. The van der Waals surface area contributed by atoms with Crippen LogP contribution in [-0.4, -0.2) is 24.2 Å². The lowest BCUT2D eigenvalue weighted by Crippen LogP contribution is -2.32. The van der Waals surface area contributed by atoms with Crippen LogP contribution in [0.1, 0.15) is 20.3 Å². The summed E-state index contributed by atoms with van der Waals surface area (Å²) in [6.45, 7) is 5.20. The predicted octanol–water partition coefficient (Wildman–Crippen LogP) is 1.02. The van der Waals surface area contributed by atoms with Gasteiger partial charge in [-0.3, -0.25) is 4.79 Å². The topological polar surface area (TPSA) is 49.3 Å². The molecule has 0 unspecified atom stereocenters. The Morgan fingerprint density at radius 3 is 2.75 bits per heavy atom. The third kappa shape index (κ3) is 1.67. The summed E-state index contributed by atoms with van der Waals surface area (Å²) in [6.07, 6.45) is 2.83. The van der Waals surface area contributed by atoms with E-state index in [0.29, 0.717) is 0 Å². The number of carbonyl (C=O) groups is 1. The highest BCUT2D eigenvalue weighted by Crippen LogP contribution is 2.29. The number of carboxylic acid groups (broad SMARTS) is 1. The van der Waals surface area contributed by atoms with Crippen LogP contribution in [-0.2, 0) is 4.79 Å². The molecule has 0 spiro atoms. The molecule has 0 saturated heterocycles. The van der Waals surface area contributed by atoms with Crippen LogP contribution < -0.4 is 5.32 Å². The van der Waals surface area contributed by atoms with Crippen molar-refractivity contribution in [3.8, 4) is 0 Å². The van der Waals surface area contributed by atoms with Crippen LogP contribution in [0.15, 0.2) is 11.6 Å². The molecule has 1 rings (SSSR count). The highest BCUT2D eigenvalue weighted by molar-refractivity contribution is 5.77. The van der Waals surface area contributed by atoms with E-state index in [1.165, 1.54) is 0 Å². The van der Waals surface area contributed by atoms with Crippen molar-refractivity contribution in [3.05, 3.63) is 11.6 Å². The van der Waals surface area contributed by atoms with Gasteiger partial charge in [0.2, 0.25) is 0 Å². The molecule has 0 bridgehead atoms. The van der Waals surface area contributed by atoms with Crippen LogP contribution >= 0.6 is 0 Å². The van der Waals surface area contributed by atoms with E-state index in [2.05, 4.69) is 5.32 Å². The lowest BCUT2D eigenvalue weighted by molar-refractivity contribution is -0.144. The average Bonchev–Trinajstić information content (AvgIpc) is 2.06. The number of carboxylic acids is 1. The monoisotopic (exact) mass is 169 g/mol. The Bertz CT molecular complexity index is 219. The summed E-state index contributed by atoms with van der Waals surface area (Å²) in [7, 11) is 0. The second-order valence-corrected chi connectivity index (χ2v) is 3.61. The van der Waals surface area contributed by atoms with Gasteiger partial charge in [-0.25, -0.2) is 0 Å². The van der Waals surface area contributed by atoms with E-state index in [4.69, 9.17) is 5.11 Å². The second-order valence-electron chi connectivity index (χ2n) is 3.61. The Labute approximate surface area is 72.5 Å². The highest BCUT2D eigenvalue weighted by Gasteiger charge is 2.31. The summed E-state index contributed by atoms with van der Waals surface area (Å²) in [5, 5.41) is 12.1. The van der Waals surface area contributed by atoms with Gasteiger partial charge < -0.3 is 10.4 Å². The molecular formula is C9H15NO2. The molecule has 0 fully saturated rings. The van der Waals surface area contributed by atoms with Crippen LogP contribution in [0.3, 0.4) is 0 Å². The zero-order valence-corrected chi connectivity index (χ0v) is 7.55. The first-order valence-electron chi connectivity index (χ1n) is 4.19. The molecule has 1 aliphatic heterocycles. The van der Waals surface area contributed by atoms with Crippen molar-refractivity contribution in [2.24, 2.45) is 5.41 Å². The number of nitrogens with one attached hydrogen (secondary N) is 1. The first-order chi connectivity index (χ1) is 5.55. The smallest absolute Gasteiger partial charge is 0.313 e. The highest BCUT2D eigenvalue weighted by atomic mass is 16.4. The maximum Gasteiger partial charge on any atom is 0.313 e. The fraction of sp³-hybridized carbons (Fsp3) is 0.667. The van der Waals surface area contributed by atoms with Gasteiger partial charge in [-0.15, -0.1) is 0 Å². The Balaban J connectivity index is 2.79. The number of rotatable bonds is 2. The molecule has 0 amide bonds. The fourth-order valence-electron chi connectivity index (χ4n) is 1.33. The Morgan fingerprint density at radius 1 is 1.67 bits per heavy atom. The quantitative estimate of drug-likeness (QED) is 0.607. The number of hydrogen-bond donors (Lipinski definition) is 2. The molecule has 1 heterocycles. The molecule has 0 aliphatic carbocycles. The molecule has 0 aromatic rings. The van der Waals surface area contributed by atoms with E-state index >= 15 is 0 Å². The van der Waals surface area contributed by atoms with Gasteiger partial charge in [0.15, 0.2) is 0 Å². The third-order valence-corrected chi connectivity index (χ3v) is 2.40. The van der Waals surface area contributed by atoms with Crippen LogP contribution in [0.4, 0.5) is 0 Å². The van der Waals surface area contributed by atoms with Crippen LogP contribution in [0.5, 0.6) is 0 Å². The predicted molar refractivity (Wildman–Crippen MR) is 47.0 cm³/mol. The zero-order valence-electron chi connectivity index (χ0n) is 7.55. The summed E-state index contributed by atoms with van der Waals surface area (Å²) in [4.78, 5) is 10.9.